The van der Waals surface area contributed by atoms with E-state index in [1.54, 1.807) is 0 Å². The Labute approximate surface area is 231 Å². The third kappa shape index (κ3) is 7.14. The summed E-state index contributed by atoms with van der Waals surface area (Å²) in [7, 11) is 0. The smallest absolute Gasteiger partial charge is 0.254 e. The quantitative estimate of drug-likeness (QED) is 0.368. The average molecular weight is 554 g/mol. The molecule has 0 unspecified atom stereocenters. The maximum atomic E-state index is 12.7. The van der Waals surface area contributed by atoms with Crippen LogP contribution in [0, 0.1) is 0 Å². The number of carbonyl (C=O) groups is 2. The third-order valence-corrected chi connectivity index (χ3v) is 6.96. The molecule has 198 valence electrons. The molecule has 0 saturated carbocycles. The molecule has 1 heterocycles. The molecule has 1 aliphatic rings. The summed E-state index contributed by atoms with van der Waals surface area (Å²) in [6.45, 7) is 1.88. The number of aliphatic hydroxyl groups is 2. The summed E-state index contributed by atoms with van der Waals surface area (Å²) >= 11 is 12.2. The van der Waals surface area contributed by atoms with E-state index in [9.17, 15) is 19.8 Å². The minimum absolute atomic E-state index is 0.147. The van der Waals surface area contributed by atoms with Crippen LogP contribution in [0.3, 0.4) is 0 Å². The van der Waals surface area contributed by atoms with E-state index >= 15 is 0 Å². The highest BCUT2D eigenvalue weighted by Crippen LogP contribution is 2.26. The number of hydrogen-bond donors (Lipinski definition) is 3. The van der Waals surface area contributed by atoms with E-state index < -0.39 is 24.0 Å². The number of aliphatic hydroxyl groups excluding tert-OH is 2. The maximum Gasteiger partial charge on any atom is 0.254 e. The van der Waals surface area contributed by atoms with E-state index in [0.717, 1.165) is 22.4 Å². The topological polar surface area (TPSA) is 93.1 Å². The summed E-state index contributed by atoms with van der Waals surface area (Å²) < 4.78 is 0. The van der Waals surface area contributed by atoms with Crippen LogP contribution in [0.25, 0.3) is 12.2 Å². The van der Waals surface area contributed by atoms with E-state index in [2.05, 4.69) is 10.2 Å². The molecular formula is C29H29Cl2N3O4. The lowest BCUT2D eigenvalue weighted by molar-refractivity contribution is -0.153. The Morgan fingerprint density at radius 3 is 2.00 bits per heavy atom. The van der Waals surface area contributed by atoms with Crippen molar-refractivity contribution in [3.8, 4) is 0 Å². The highest BCUT2D eigenvalue weighted by Gasteiger charge is 2.34. The summed E-state index contributed by atoms with van der Waals surface area (Å²) in [6, 6.07) is 22.5. The fourth-order valence-corrected chi connectivity index (χ4v) is 4.53. The second-order valence-corrected chi connectivity index (χ2v) is 9.84. The summed E-state index contributed by atoms with van der Waals surface area (Å²) in [5, 5.41) is 24.6. The van der Waals surface area contributed by atoms with Crippen LogP contribution in [0.15, 0.2) is 72.8 Å². The first-order chi connectivity index (χ1) is 18.3. The largest absolute Gasteiger partial charge is 0.380 e. The summed E-state index contributed by atoms with van der Waals surface area (Å²) in [6.07, 6.45) is 0.220. The molecule has 4 rings (SSSR count). The lowest BCUT2D eigenvalue weighted by atomic mass is 10.1. The van der Waals surface area contributed by atoms with Crippen molar-refractivity contribution in [1.29, 1.82) is 0 Å². The molecule has 0 aliphatic carbocycles. The van der Waals surface area contributed by atoms with Gasteiger partial charge >= 0.3 is 0 Å². The minimum Gasteiger partial charge on any atom is -0.380 e. The monoisotopic (exact) mass is 553 g/mol. The van der Waals surface area contributed by atoms with Gasteiger partial charge in [0.15, 0.2) is 12.2 Å². The lowest BCUT2D eigenvalue weighted by Gasteiger charge is -2.37. The average Bonchev–Trinajstić information content (AvgIpc) is 2.95. The molecule has 1 saturated heterocycles. The Bertz CT molecular complexity index is 1270. The predicted molar refractivity (Wildman–Crippen MR) is 151 cm³/mol. The van der Waals surface area contributed by atoms with Crippen LogP contribution in [0.4, 0.5) is 5.69 Å². The highest BCUT2D eigenvalue weighted by atomic mass is 35.5. The molecule has 3 aromatic rings. The second kappa shape index (κ2) is 12.9. The number of piperazine rings is 1. The van der Waals surface area contributed by atoms with Crippen molar-refractivity contribution < 1.29 is 19.8 Å². The molecule has 0 bridgehead atoms. The predicted octanol–water partition coefficient (Wildman–Crippen LogP) is 3.85. The van der Waals surface area contributed by atoms with E-state index in [0.29, 0.717) is 36.2 Å². The Morgan fingerprint density at radius 1 is 0.816 bits per heavy atom. The molecule has 2 amide bonds. The molecule has 7 nitrogen and oxygen atoms in total. The summed E-state index contributed by atoms with van der Waals surface area (Å²) in [5.41, 5.74) is 3.69. The van der Waals surface area contributed by atoms with Gasteiger partial charge < -0.3 is 25.3 Å². The molecule has 9 heteroatoms. The van der Waals surface area contributed by atoms with Gasteiger partial charge in [-0.1, -0.05) is 83.9 Å². The van der Waals surface area contributed by atoms with Crippen molar-refractivity contribution in [2.75, 3.05) is 31.1 Å². The molecule has 1 fully saturated rings. The third-order valence-electron chi connectivity index (χ3n) is 6.39. The van der Waals surface area contributed by atoms with Crippen molar-refractivity contribution in [2.24, 2.45) is 0 Å². The zero-order valence-electron chi connectivity index (χ0n) is 20.6. The van der Waals surface area contributed by atoms with Crippen molar-refractivity contribution in [3.05, 3.63) is 99.5 Å². The van der Waals surface area contributed by atoms with E-state index in [4.69, 9.17) is 23.2 Å². The number of amides is 2. The molecule has 1 aliphatic heterocycles. The van der Waals surface area contributed by atoms with Gasteiger partial charge in [0.1, 0.15) is 0 Å². The van der Waals surface area contributed by atoms with Crippen LogP contribution in [0.5, 0.6) is 0 Å². The SMILES string of the molecule is O=C(NCc1ccc(C=Cc2ccc(Cl)cc2)cc1)[C@H](O)[C@@H](O)C(=O)N1CCN(c2ccccc2Cl)CC1. The van der Waals surface area contributed by atoms with E-state index in [1.807, 2.05) is 84.9 Å². The van der Waals surface area contributed by atoms with Gasteiger partial charge in [0, 0.05) is 37.7 Å². The number of nitrogens with one attached hydrogen (secondary N) is 1. The second-order valence-electron chi connectivity index (χ2n) is 9.00. The van der Waals surface area contributed by atoms with Crippen molar-refractivity contribution in [3.63, 3.8) is 0 Å². The lowest BCUT2D eigenvalue weighted by Crippen LogP contribution is -2.55. The summed E-state index contributed by atoms with van der Waals surface area (Å²) in [4.78, 5) is 28.7. The normalized spacial score (nSPS) is 15.4. The number of carbonyl (C=O) groups excluding carboxylic acids is 2. The Balaban J connectivity index is 1.24. The first kappa shape index (κ1) is 27.7. The van der Waals surface area contributed by atoms with Gasteiger partial charge in [-0.05, 0) is 41.0 Å². The Morgan fingerprint density at radius 2 is 1.39 bits per heavy atom. The first-order valence-corrected chi connectivity index (χ1v) is 13.0. The molecule has 0 radical (unpaired) electrons. The van der Waals surface area contributed by atoms with Crippen molar-refractivity contribution in [2.45, 2.75) is 18.8 Å². The molecule has 0 aromatic heterocycles. The van der Waals surface area contributed by atoms with Gasteiger partial charge in [-0.25, -0.2) is 0 Å². The number of halogens is 2. The van der Waals surface area contributed by atoms with Gasteiger partial charge in [0.25, 0.3) is 11.8 Å². The van der Waals surface area contributed by atoms with Gasteiger partial charge in [-0.2, -0.15) is 0 Å². The number of anilines is 1. The Hall–Kier alpha value is -3.36. The van der Waals surface area contributed by atoms with Gasteiger partial charge in [-0.3, -0.25) is 9.59 Å². The fourth-order valence-electron chi connectivity index (χ4n) is 4.15. The fraction of sp³-hybridized carbons (Fsp3) is 0.241. The number of para-hydroxylation sites is 1. The highest BCUT2D eigenvalue weighted by molar-refractivity contribution is 6.33. The van der Waals surface area contributed by atoms with Crippen LogP contribution in [0.1, 0.15) is 16.7 Å². The van der Waals surface area contributed by atoms with Crippen LogP contribution < -0.4 is 10.2 Å². The molecule has 2 atom stereocenters. The molecule has 0 spiro atoms. The van der Waals surface area contributed by atoms with Gasteiger partial charge in [0.05, 0.1) is 10.7 Å². The minimum atomic E-state index is -1.87. The summed E-state index contributed by atoms with van der Waals surface area (Å²) in [5.74, 6) is -1.49. The maximum absolute atomic E-state index is 12.7. The van der Waals surface area contributed by atoms with Crippen LogP contribution in [0.2, 0.25) is 10.0 Å². The van der Waals surface area contributed by atoms with Crippen LogP contribution >= 0.6 is 23.2 Å². The van der Waals surface area contributed by atoms with Crippen molar-refractivity contribution >= 4 is 52.9 Å². The first-order valence-electron chi connectivity index (χ1n) is 12.3. The molecule has 38 heavy (non-hydrogen) atoms. The van der Waals surface area contributed by atoms with Gasteiger partial charge in [-0.15, -0.1) is 0 Å². The molecule has 3 N–H and O–H groups in total. The molecular weight excluding hydrogens is 525 g/mol. The van der Waals surface area contributed by atoms with E-state index in [-0.39, 0.29) is 6.54 Å². The number of rotatable bonds is 8. The standard InChI is InChI=1S/C29H29Cl2N3O4/c30-23-13-11-21(12-14-23)6-5-20-7-9-22(10-8-20)19-32-28(37)26(35)27(36)29(38)34-17-15-33(16-18-34)25-4-2-1-3-24(25)31/h1-14,26-27,35-36H,15-19H2,(H,32,37)/t26-,27-/m1/s1. The molecule has 3 aromatic carbocycles. The zero-order valence-corrected chi connectivity index (χ0v) is 22.1. The van der Waals surface area contributed by atoms with Gasteiger partial charge in [0.2, 0.25) is 0 Å². The Kier molecular flexibility index (Phi) is 9.42. The zero-order chi connectivity index (χ0) is 27.1. The van der Waals surface area contributed by atoms with E-state index in [1.165, 1.54) is 4.90 Å². The number of nitrogens with zero attached hydrogens (tertiary/aromatic N) is 2. The van der Waals surface area contributed by atoms with Crippen LogP contribution in [-0.2, 0) is 16.1 Å². The number of benzene rings is 3. The number of hydrogen-bond acceptors (Lipinski definition) is 5. The van der Waals surface area contributed by atoms with Crippen molar-refractivity contribution in [1.82, 2.24) is 10.2 Å². The van der Waals surface area contributed by atoms with Crippen LogP contribution in [-0.4, -0.2) is 65.3 Å².